The van der Waals surface area contributed by atoms with Crippen LogP contribution in [0.3, 0.4) is 0 Å². The lowest BCUT2D eigenvalue weighted by molar-refractivity contribution is 0.0430. The Morgan fingerprint density at radius 1 is 0.333 bits per heavy atom. The molecule has 0 spiro atoms. The molecule has 33 heavy (non-hydrogen) atoms. The first-order valence-corrected chi connectivity index (χ1v) is 12.2. The fourth-order valence-corrected chi connectivity index (χ4v) is 2.58. The van der Waals surface area contributed by atoms with Crippen molar-refractivity contribution >= 4 is 0 Å². The fraction of sp³-hybridized carbons (Fsp3) is 1.00. The van der Waals surface area contributed by atoms with Crippen LogP contribution in [0.15, 0.2) is 0 Å². The van der Waals surface area contributed by atoms with Gasteiger partial charge in [-0.05, 0) is 108 Å². The maximum Gasteiger partial charge on any atom is 0.0700 e. The van der Waals surface area contributed by atoms with Crippen LogP contribution in [0.4, 0.5) is 0 Å². The Balaban J connectivity index is -0.000000529. The molecule has 0 bridgehead atoms. The summed E-state index contributed by atoms with van der Waals surface area (Å²) in [6.45, 7) is 10.5. The molecule has 0 aromatic rings. The molecule has 2 N–H and O–H groups in total. The Morgan fingerprint density at radius 2 is 0.515 bits per heavy atom. The summed E-state index contributed by atoms with van der Waals surface area (Å²) in [4.78, 5) is 8.67. The zero-order valence-corrected chi connectivity index (χ0v) is 23.2. The number of rotatable bonds is 22. The third kappa shape index (κ3) is 42.3. The summed E-state index contributed by atoms with van der Waals surface area (Å²) >= 11 is 0. The van der Waals surface area contributed by atoms with Crippen LogP contribution >= 0.6 is 0 Å². The first kappa shape index (κ1) is 37.2. The topological polar surface area (TPSA) is 81.4 Å². The van der Waals surface area contributed by atoms with Gasteiger partial charge in [-0.25, -0.2) is 0 Å². The summed E-state index contributed by atoms with van der Waals surface area (Å²) in [7, 11) is 16.6. The summed E-state index contributed by atoms with van der Waals surface area (Å²) in [5.41, 5.74) is 0. The Bertz CT molecular complexity index is 285. The van der Waals surface area contributed by atoms with Gasteiger partial charge in [0, 0.05) is 26.4 Å². The van der Waals surface area contributed by atoms with Crippen molar-refractivity contribution in [1.82, 2.24) is 19.6 Å². The largest absolute Gasteiger partial charge is 0.412 e. The normalized spacial score (nSPS) is 11.3. The van der Waals surface area contributed by atoms with Gasteiger partial charge >= 0.3 is 0 Å². The molecule has 0 rings (SSSR count). The van der Waals surface area contributed by atoms with Gasteiger partial charge in [-0.3, -0.25) is 0 Å². The molecule has 0 aromatic carbocycles. The van der Waals surface area contributed by atoms with Crippen LogP contribution < -0.4 is 0 Å². The summed E-state index contributed by atoms with van der Waals surface area (Å²) < 4.78 is 21.8. The molecular formula is C24H58N4O5. The molecule has 0 aliphatic heterocycles. The predicted molar refractivity (Wildman–Crippen MR) is 140 cm³/mol. The van der Waals surface area contributed by atoms with Crippen LogP contribution in [0.25, 0.3) is 0 Å². The van der Waals surface area contributed by atoms with E-state index in [-0.39, 0.29) is 5.48 Å². The number of nitrogens with zero attached hydrogens (tertiary/aromatic N) is 4. The highest BCUT2D eigenvalue weighted by molar-refractivity contribution is 4.45. The van der Waals surface area contributed by atoms with E-state index in [0.29, 0.717) is 0 Å². The first-order chi connectivity index (χ1) is 15.3. The molecule has 204 valence electrons. The minimum atomic E-state index is 0. The van der Waals surface area contributed by atoms with Crippen LogP contribution in [0.2, 0.25) is 0 Å². The van der Waals surface area contributed by atoms with Gasteiger partial charge in [-0.2, -0.15) is 0 Å². The molecule has 0 fully saturated rings. The Labute approximate surface area is 205 Å². The van der Waals surface area contributed by atoms with E-state index in [1.165, 1.54) is 0 Å². The van der Waals surface area contributed by atoms with Crippen molar-refractivity contribution in [2.75, 3.05) is 135 Å². The van der Waals surface area contributed by atoms with E-state index in [2.05, 4.69) is 76.0 Å². The highest BCUT2D eigenvalue weighted by Crippen LogP contribution is 1.89. The Morgan fingerprint density at radius 3 is 0.667 bits per heavy atom. The van der Waals surface area contributed by atoms with E-state index in [1.807, 2.05) is 0 Å². The molecule has 9 heteroatoms. The average Bonchev–Trinajstić information content (AvgIpc) is 2.70. The van der Waals surface area contributed by atoms with Gasteiger partial charge < -0.3 is 44.0 Å². The van der Waals surface area contributed by atoms with E-state index in [1.54, 1.807) is 0 Å². The summed E-state index contributed by atoms with van der Waals surface area (Å²) in [6.07, 6.45) is 4.36. The average molecular weight is 483 g/mol. The Hall–Kier alpha value is -0.360. The van der Waals surface area contributed by atoms with Crippen LogP contribution in [0, 0.1) is 0 Å². The van der Waals surface area contributed by atoms with Crippen molar-refractivity contribution < 1.29 is 24.4 Å². The number of hydrogen-bond acceptors (Lipinski definition) is 8. The monoisotopic (exact) mass is 482 g/mol. The van der Waals surface area contributed by atoms with E-state index in [9.17, 15) is 0 Å². The zero-order valence-electron chi connectivity index (χ0n) is 23.2. The molecule has 0 saturated heterocycles. The molecule has 0 heterocycles. The second-order valence-corrected chi connectivity index (χ2v) is 9.08. The van der Waals surface area contributed by atoms with Crippen molar-refractivity contribution in [3.8, 4) is 0 Å². The molecule has 9 nitrogen and oxygen atoms in total. The molecular weight excluding hydrogens is 424 g/mol. The van der Waals surface area contributed by atoms with Crippen LogP contribution in [-0.2, 0) is 18.9 Å². The highest BCUT2D eigenvalue weighted by Gasteiger charge is 1.95. The van der Waals surface area contributed by atoms with Crippen LogP contribution in [0.1, 0.15) is 25.7 Å². The lowest BCUT2D eigenvalue weighted by atomic mass is 10.4. The zero-order chi connectivity index (χ0) is 24.5. The van der Waals surface area contributed by atoms with Crippen molar-refractivity contribution in [3.05, 3.63) is 0 Å². The summed E-state index contributed by atoms with van der Waals surface area (Å²) in [5, 5.41) is 0. The molecule has 0 aliphatic rings. The standard InChI is InChI=1S/2C12H28N2O2.H2O/c2*1-13(2)7-5-9-15-11-12-16-10-6-8-14(3)4;/h2*5-12H2,1-4H3;1H2. The summed E-state index contributed by atoms with van der Waals surface area (Å²) in [5.74, 6) is 0. The van der Waals surface area contributed by atoms with Gasteiger partial charge in [0.1, 0.15) is 0 Å². The maximum absolute atomic E-state index is 5.45. The van der Waals surface area contributed by atoms with Gasteiger partial charge in [0.2, 0.25) is 0 Å². The lowest BCUT2D eigenvalue weighted by Crippen LogP contribution is -2.16. The van der Waals surface area contributed by atoms with E-state index in [0.717, 1.165) is 105 Å². The molecule has 0 unspecified atom stereocenters. The van der Waals surface area contributed by atoms with Gasteiger partial charge in [0.05, 0.1) is 26.4 Å². The molecule has 0 aliphatic carbocycles. The molecule has 0 radical (unpaired) electrons. The number of hydrogen-bond donors (Lipinski definition) is 0. The van der Waals surface area contributed by atoms with Crippen molar-refractivity contribution in [2.24, 2.45) is 0 Å². The maximum atomic E-state index is 5.45. The minimum Gasteiger partial charge on any atom is -0.412 e. The quantitative estimate of drug-likeness (QED) is 0.212. The van der Waals surface area contributed by atoms with Gasteiger partial charge in [-0.15, -0.1) is 0 Å². The minimum absolute atomic E-state index is 0. The fourth-order valence-electron chi connectivity index (χ4n) is 2.58. The lowest BCUT2D eigenvalue weighted by Gasteiger charge is -2.10. The van der Waals surface area contributed by atoms with Gasteiger partial charge in [0.15, 0.2) is 0 Å². The SMILES string of the molecule is CN(C)CCCOCCOCCCN(C)C.CN(C)CCCOCCOCCCN(C)C.O. The smallest absolute Gasteiger partial charge is 0.0700 e. The molecule has 0 aromatic heterocycles. The molecule has 0 atom stereocenters. The van der Waals surface area contributed by atoms with Crippen LogP contribution in [-0.4, -0.2) is 160 Å². The van der Waals surface area contributed by atoms with Gasteiger partial charge in [0.25, 0.3) is 0 Å². The van der Waals surface area contributed by atoms with Gasteiger partial charge in [-0.1, -0.05) is 0 Å². The van der Waals surface area contributed by atoms with Crippen LogP contribution in [0.5, 0.6) is 0 Å². The first-order valence-electron chi connectivity index (χ1n) is 12.2. The summed E-state index contributed by atoms with van der Waals surface area (Å²) in [6, 6.07) is 0. The third-order valence-corrected chi connectivity index (χ3v) is 4.32. The van der Waals surface area contributed by atoms with Crippen molar-refractivity contribution in [3.63, 3.8) is 0 Å². The second-order valence-electron chi connectivity index (χ2n) is 9.08. The highest BCUT2D eigenvalue weighted by atomic mass is 16.5. The molecule has 0 saturated carbocycles. The molecule has 0 amide bonds. The van der Waals surface area contributed by atoms with E-state index in [4.69, 9.17) is 18.9 Å². The van der Waals surface area contributed by atoms with E-state index >= 15 is 0 Å². The van der Waals surface area contributed by atoms with Crippen molar-refractivity contribution in [2.45, 2.75) is 25.7 Å². The predicted octanol–water partition coefficient (Wildman–Crippen LogP) is 1.02. The van der Waals surface area contributed by atoms with Crippen molar-refractivity contribution in [1.29, 1.82) is 0 Å². The second kappa shape index (κ2) is 29.7. The third-order valence-electron chi connectivity index (χ3n) is 4.32. The number of ether oxygens (including phenoxy) is 4. The Kier molecular flexibility index (Phi) is 33.4. The van der Waals surface area contributed by atoms with E-state index < -0.39 is 0 Å².